The number of ether oxygens (including phenoxy) is 2. The molecule has 0 radical (unpaired) electrons. The lowest BCUT2D eigenvalue weighted by Gasteiger charge is -2.06. The summed E-state index contributed by atoms with van der Waals surface area (Å²) in [5.41, 5.74) is 17.6. The van der Waals surface area contributed by atoms with E-state index >= 15 is 0 Å². The van der Waals surface area contributed by atoms with Gasteiger partial charge in [-0.05, 0) is 172 Å². The van der Waals surface area contributed by atoms with Crippen LogP contribution >= 0.6 is 23.2 Å². The smallest absolute Gasteiger partial charge is 0.142 e. The van der Waals surface area contributed by atoms with E-state index in [4.69, 9.17) is 47.6 Å². The number of aromatic nitrogens is 11. The van der Waals surface area contributed by atoms with Crippen molar-refractivity contribution >= 4 is 155 Å². The molecule has 0 aliphatic heterocycles. The van der Waals surface area contributed by atoms with Crippen molar-refractivity contribution in [2.45, 2.75) is 73.5 Å². The SMILES string of the molecule is CCCn1c2ccc(Cl)cc2c2cc3ccccc3nc21.CCCn1c2ccc(Cl)cc2c2cc3ncccc3nc21.CCCn1c2ccc(OC)cc2c2c(C)c3ncccc3nc21.COc1ccc2[nH]c3nc4cccnc4c(C)c3c2c1. The molecule has 11 aromatic heterocycles. The number of aryl methyl sites for hydroxylation is 5. The highest BCUT2D eigenvalue weighted by atomic mass is 35.5. The number of halogens is 2. The highest BCUT2D eigenvalue weighted by molar-refractivity contribution is 6.32. The summed E-state index contributed by atoms with van der Waals surface area (Å²) in [5.74, 6) is 1.72. The fourth-order valence-electron chi connectivity index (χ4n) is 12.1. The first-order chi connectivity index (χ1) is 41.6. The summed E-state index contributed by atoms with van der Waals surface area (Å²) in [4.78, 5) is 36.0. The van der Waals surface area contributed by atoms with Gasteiger partial charge in [-0.3, -0.25) is 15.0 Å². The van der Waals surface area contributed by atoms with Gasteiger partial charge < -0.3 is 28.2 Å². The zero-order valence-corrected chi connectivity index (χ0v) is 49.9. The molecule has 0 atom stereocenters. The van der Waals surface area contributed by atoms with Crippen LogP contribution in [0.4, 0.5) is 0 Å². The maximum Gasteiger partial charge on any atom is 0.142 e. The molecule has 0 amide bonds. The Labute approximate surface area is 499 Å². The number of nitrogens with one attached hydrogen (secondary N) is 1. The van der Waals surface area contributed by atoms with Gasteiger partial charge in [-0.1, -0.05) is 62.2 Å². The van der Waals surface area contributed by atoms with Crippen molar-refractivity contribution in [1.82, 2.24) is 53.6 Å². The largest absolute Gasteiger partial charge is 0.497 e. The number of nitrogens with zero attached hydrogens (tertiary/aromatic N) is 10. The van der Waals surface area contributed by atoms with Crippen molar-refractivity contribution in [2.24, 2.45) is 0 Å². The van der Waals surface area contributed by atoms with Gasteiger partial charge >= 0.3 is 0 Å². The Kier molecular flexibility index (Phi) is 14.8. The van der Waals surface area contributed by atoms with Gasteiger partial charge in [0.2, 0.25) is 0 Å². The Morgan fingerprint density at radius 2 is 0.918 bits per heavy atom. The molecule has 0 saturated carbocycles. The average molecular weight is 1160 g/mol. The van der Waals surface area contributed by atoms with Crippen LogP contribution in [0, 0.1) is 13.8 Å². The van der Waals surface area contributed by atoms with E-state index < -0.39 is 0 Å². The molecular formula is C70H61Cl2N11O2. The molecule has 0 aliphatic rings. The molecule has 16 rings (SSSR count). The van der Waals surface area contributed by atoms with Gasteiger partial charge in [-0.2, -0.15) is 0 Å². The molecule has 0 aliphatic carbocycles. The fourth-order valence-corrected chi connectivity index (χ4v) is 12.4. The zero-order valence-electron chi connectivity index (χ0n) is 48.4. The van der Waals surface area contributed by atoms with Gasteiger partial charge in [0, 0.05) is 102 Å². The Morgan fingerprint density at radius 1 is 0.424 bits per heavy atom. The highest BCUT2D eigenvalue weighted by Gasteiger charge is 2.19. The molecule has 5 aromatic carbocycles. The van der Waals surface area contributed by atoms with Crippen molar-refractivity contribution in [3.8, 4) is 11.5 Å². The van der Waals surface area contributed by atoms with E-state index in [0.717, 1.165) is 154 Å². The maximum absolute atomic E-state index is 6.19. The van der Waals surface area contributed by atoms with Crippen LogP contribution < -0.4 is 9.47 Å². The van der Waals surface area contributed by atoms with E-state index in [0.29, 0.717) is 0 Å². The number of hydrogen-bond donors (Lipinski definition) is 1. The van der Waals surface area contributed by atoms with Crippen LogP contribution in [-0.4, -0.2) is 67.8 Å². The monoisotopic (exact) mass is 1160 g/mol. The molecule has 0 unspecified atom stereocenters. The van der Waals surface area contributed by atoms with Crippen LogP contribution in [0.2, 0.25) is 10.0 Å². The minimum Gasteiger partial charge on any atom is -0.497 e. The predicted molar refractivity (Wildman–Crippen MR) is 352 cm³/mol. The Balaban J connectivity index is 0.000000106. The molecule has 13 nitrogen and oxygen atoms in total. The molecule has 85 heavy (non-hydrogen) atoms. The molecule has 0 saturated heterocycles. The topological polar surface area (TPSA) is 139 Å². The Hall–Kier alpha value is -9.43. The highest BCUT2D eigenvalue weighted by Crippen LogP contribution is 2.38. The number of methoxy groups -OCH3 is 2. The first-order valence-electron chi connectivity index (χ1n) is 28.8. The number of aromatic amines is 1. The molecule has 11 heterocycles. The lowest BCUT2D eigenvalue weighted by atomic mass is 10.1. The molecule has 422 valence electrons. The van der Waals surface area contributed by atoms with Crippen LogP contribution in [0.5, 0.6) is 11.5 Å². The molecule has 16 aromatic rings. The van der Waals surface area contributed by atoms with E-state index in [-0.39, 0.29) is 0 Å². The number of para-hydroxylation sites is 1. The van der Waals surface area contributed by atoms with Crippen molar-refractivity contribution in [3.05, 3.63) is 185 Å². The molecular weight excluding hydrogens is 1100 g/mol. The predicted octanol–water partition coefficient (Wildman–Crippen LogP) is 18.3. The Morgan fingerprint density at radius 3 is 1.55 bits per heavy atom. The van der Waals surface area contributed by atoms with Gasteiger partial charge in [0.05, 0.1) is 69.4 Å². The van der Waals surface area contributed by atoms with Crippen molar-refractivity contribution in [1.29, 1.82) is 0 Å². The lowest BCUT2D eigenvalue weighted by Crippen LogP contribution is -1.98. The molecule has 15 heteroatoms. The standard InChI is InChI=1S/C19H19N3O.C18H15ClN2.C17H14ClN3.C16H13N3O/c1-4-10-22-16-8-7-13(23-3)11-14(16)17-12(2)18-15(21-19(17)22)6-5-9-20-18;1-2-9-21-17-8-7-13(19)11-14(17)15-10-12-5-3-4-6-16(12)20-18(15)21;1-2-8-21-16-6-5-11(18)9-12(16)13-10-15-14(20-17(13)21)4-3-7-19-15;1-9-14-11-8-10(20-2)5-6-12(11)18-16(14)19-13-4-3-7-17-15(9)13/h5-9,11H,4,10H2,1-3H3;3-8,10-11H,2,9H2,1H3;3-7,9-10H,2,8H2,1H3;3-8H,1-2H3,(H,18,19). The van der Waals surface area contributed by atoms with Crippen molar-refractivity contribution < 1.29 is 9.47 Å². The van der Waals surface area contributed by atoms with Gasteiger partial charge in [-0.15, -0.1) is 0 Å². The van der Waals surface area contributed by atoms with Crippen LogP contribution in [0.3, 0.4) is 0 Å². The minimum absolute atomic E-state index is 0.749. The van der Waals surface area contributed by atoms with Crippen LogP contribution in [0.1, 0.15) is 51.2 Å². The molecule has 0 fully saturated rings. The zero-order chi connectivity index (χ0) is 58.5. The van der Waals surface area contributed by atoms with E-state index in [9.17, 15) is 0 Å². The maximum atomic E-state index is 6.19. The number of hydrogen-bond acceptors (Lipinski definition) is 9. The van der Waals surface area contributed by atoms with E-state index in [2.05, 4.69) is 122 Å². The van der Waals surface area contributed by atoms with Gasteiger partial charge in [0.15, 0.2) is 0 Å². The molecule has 1 N–H and O–H groups in total. The Bertz CT molecular complexity index is 5080. The van der Waals surface area contributed by atoms with Crippen molar-refractivity contribution in [2.75, 3.05) is 14.2 Å². The summed E-state index contributed by atoms with van der Waals surface area (Å²) in [5, 5.41) is 11.9. The molecule has 0 spiro atoms. The van der Waals surface area contributed by atoms with Crippen LogP contribution in [0.15, 0.2) is 164 Å². The minimum atomic E-state index is 0.749. The number of rotatable bonds is 8. The first kappa shape index (κ1) is 54.8. The summed E-state index contributed by atoms with van der Waals surface area (Å²) in [7, 11) is 3.38. The van der Waals surface area contributed by atoms with E-state index in [1.165, 1.54) is 49.0 Å². The second-order valence-electron chi connectivity index (χ2n) is 21.3. The third-order valence-electron chi connectivity index (χ3n) is 15.9. The second kappa shape index (κ2) is 23.0. The normalized spacial score (nSPS) is 11.6. The second-order valence-corrected chi connectivity index (χ2v) is 22.2. The molecule has 0 bridgehead atoms. The van der Waals surface area contributed by atoms with Crippen LogP contribution in [-0.2, 0) is 19.6 Å². The van der Waals surface area contributed by atoms with Gasteiger partial charge in [0.1, 0.15) is 34.1 Å². The fraction of sp³-hybridized carbons (Fsp3) is 0.186. The average Bonchev–Trinajstić information content (AvgIpc) is 3.45. The summed E-state index contributed by atoms with van der Waals surface area (Å²) in [6.07, 6.45) is 8.64. The summed E-state index contributed by atoms with van der Waals surface area (Å²) < 4.78 is 17.6. The van der Waals surface area contributed by atoms with E-state index in [1.807, 2.05) is 103 Å². The van der Waals surface area contributed by atoms with E-state index in [1.54, 1.807) is 26.6 Å². The first-order valence-corrected chi connectivity index (χ1v) is 29.6. The van der Waals surface area contributed by atoms with Crippen molar-refractivity contribution in [3.63, 3.8) is 0 Å². The third-order valence-corrected chi connectivity index (χ3v) is 16.4. The summed E-state index contributed by atoms with van der Waals surface area (Å²) in [6, 6.07) is 48.8. The number of pyridine rings is 7. The number of benzene rings is 5. The van der Waals surface area contributed by atoms with Gasteiger partial charge in [-0.25, -0.2) is 19.9 Å². The number of H-pyrrole nitrogens is 1. The van der Waals surface area contributed by atoms with Gasteiger partial charge in [0.25, 0.3) is 0 Å². The van der Waals surface area contributed by atoms with Crippen LogP contribution in [0.25, 0.3) is 132 Å². The third kappa shape index (κ3) is 9.86. The lowest BCUT2D eigenvalue weighted by molar-refractivity contribution is 0.415. The summed E-state index contributed by atoms with van der Waals surface area (Å²) in [6.45, 7) is 13.6. The quantitative estimate of drug-likeness (QED) is 0.157. The number of fused-ring (bicyclic) bond motifs is 16. The summed E-state index contributed by atoms with van der Waals surface area (Å²) >= 11 is 12.4.